The average Bonchev–Trinajstić information content (AvgIpc) is 2.74. The molecular weight excluding hydrogens is 244 g/mol. The molecule has 0 bridgehead atoms. The summed E-state index contributed by atoms with van der Waals surface area (Å²) in [5.41, 5.74) is 0. The van der Waals surface area contributed by atoms with Crippen LogP contribution >= 0.6 is 23.4 Å². The number of furan rings is 1. The van der Waals surface area contributed by atoms with Gasteiger partial charge in [0.1, 0.15) is 5.76 Å². The molecule has 0 radical (unpaired) electrons. The highest BCUT2D eigenvalue weighted by molar-refractivity contribution is 7.98. The minimum atomic E-state index is 0.363. The molecule has 0 atom stereocenters. The first-order chi connectivity index (χ1) is 7.78. The summed E-state index contributed by atoms with van der Waals surface area (Å²) in [6.07, 6.45) is 0.702. The molecule has 0 aliphatic carbocycles. The van der Waals surface area contributed by atoms with E-state index in [1.165, 1.54) is 0 Å². The van der Waals surface area contributed by atoms with Gasteiger partial charge in [-0.05, 0) is 30.3 Å². The number of carbonyl (C=O) groups is 1. The lowest BCUT2D eigenvalue weighted by molar-refractivity contribution is 0.109. The van der Waals surface area contributed by atoms with Crippen molar-refractivity contribution in [2.24, 2.45) is 0 Å². The second-order valence-corrected chi connectivity index (χ2v) is 4.65. The maximum Gasteiger partial charge on any atom is 0.185 e. The molecule has 0 amide bonds. The van der Waals surface area contributed by atoms with Crippen molar-refractivity contribution < 1.29 is 9.21 Å². The molecule has 0 spiro atoms. The van der Waals surface area contributed by atoms with E-state index < -0.39 is 0 Å². The van der Waals surface area contributed by atoms with E-state index in [-0.39, 0.29) is 0 Å². The van der Waals surface area contributed by atoms with Crippen LogP contribution in [0.1, 0.15) is 16.3 Å². The zero-order chi connectivity index (χ0) is 11.4. The number of hydrogen-bond acceptors (Lipinski definition) is 3. The van der Waals surface area contributed by atoms with Crippen molar-refractivity contribution in [3.05, 3.63) is 52.9 Å². The van der Waals surface area contributed by atoms with E-state index in [1.807, 2.05) is 24.3 Å². The van der Waals surface area contributed by atoms with Crippen LogP contribution in [0.4, 0.5) is 0 Å². The SMILES string of the molecule is O=Cc1ccc(CSc2cccc(Cl)c2)o1. The number of aldehydes is 1. The van der Waals surface area contributed by atoms with E-state index in [1.54, 1.807) is 23.9 Å². The van der Waals surface area contributed by atoms with E-state index in [0.717, 1.165) is 15.7 Å². The van der Waals surface area contributed by atoms with Gasteiger partial charge in [-0.15, -0.1) is 11.8 Å². The summed E-state index contributed by atoms with van der Waals surface area (Å²) in [5, 5.41) is 0.720. The molecule has 82 valence electrons. The van der Waals surface area contributed by atoms with Gasteiger partial charge in [0.15, 0.2) is 12.0 Å². The summed E-state index contributed by atoms with van der Waals surface area (Å²) in [4.78, 5) is 11.5. The Morgan fingerprint density at radius 3 is 2.88 bits per heavy atom. The summed E-state index contributed by atoms with van der Waals surface area (Å²) in [6, 6.07) is 11.1. The lowest BCUT2D eigenvalue weighted by Gasteiger charge is -1.99. The molecule has 0 N–H and O–H groups in total. The fourth-order valence-corrected chi connectivity index (χ4v) is 2.35. The molecule has 0 saturated carbocycles. The second-order valence-electron chi connectivity index (χ2n) is 3.17. The van der Waals surface area contributed by atoms with Crippen molar-refractivity contribution in [1.29, 1.82) is 0 Å². The molecule has 16 heavy (non-hydrogen) atoms. The molecule has 0 aliphatic rings. The Labute approximate surface area is 103 Å². The lowest BCUT2D eigenvalue weighted by atomic mass is 10.4. The first kappa shape index (κ1) is 11.3. The normalized spacial score (nSPS) is 10.3. The molecule has 0 fully saturated rings. The lowest BCUT2D eigenvalue weighted by Crippen LogP contribution is -1.76. The highest BCUT2D eigenvalue weighted by Gasteiger charge is 2.02. The van der Waals surface area contributed by atoms with E-state index in [4.69, 9.17) is 16.0 Å². The minimum Gasteiger partial charge on any atom is -0.457 e. The number of thioether (sulfide) groups is 1. The van der Waals surface area contributed by atoms with Crippen LogP contribution in [-0.4, -0.2) is 6.29 Å². The Morgan fingerprint density at radius 1 is 1.31 bits per heavy atom. The molecule has 1 heterocycles. The Bertz CT molecular complexity index is 493. The smallest absolute Gasteiger partial charge is 0.185 e. The Morgan fingerprint density at radius 2 is 2.19 bits per heavy atom. The van der Waals surface area contributed by atoms with Gasteiger partial charge >= 0.3 is 0 Å². The third-order valence-electron chi connectivity index (χ3n) is 1.98. The van der Waals surface area contributed by atoms with Crippen molar-refractivity contribution in [1.82, 2.24) is 0 Å². The zero-order valence-corrected chi connectivity index (χ0v) is 9.92. The molecule has 1 aromatic carbocycles. The molecule has 1 aromatic heterocycles. The number of hydrogen-bond donors (Lipinski definition) is 0. The predicted molar refractivity (Wildman–Crippen MR) is 65.1 cm³/mol. The van der Waals surface area contributed by atoms with Crippen LogP contribution in [0.25, 0.3) is 0 Å². The Balaban J connectivity index is 1.99. The number of benzene rings is 1. The largest absolute Gasteiger partial charge is 0.457 e. The maximum absolute atomic E-state index is 10.4. The van der Waals surface area contributed by atoms with Crippen molar-refractivity contribution in [2.75, 3.05) is 0 Å². The zero-order valence-electron chi connectivity index (χ0n) is 8.35. The van der Waals surface area contributed by atoms with Crippen molar-refractivity contribution in [3.63, 3.8) is 0 Å². The number of rotatable bonds is 4. The summed E-state index contributed by atoms with van der Waals surface area (Å²) in [5.74, 6) is 1.84. The molecule has 0 unspecified atom stereocenters. The van der Waals surface area contributed by atoms with E-state index in [0.29, 0.717) is 17.8 Å². The third kappa shape index (κ3) is 2.90. The molecule has 0 saturated heterocycles. The summed E-state index contributed by atoms with van der Waals surface area (Å²) < 4.78 is 5.26. The minimum absolute atomic E-state index is 0.363. The molecule has 0 aliphatic heterocycles. The van der Waals surface area contributed by atoms with Gasteiger partial charge in [0.2, 0.25) is 0 Å². The summed E-state index contributed by atoms with van der Waals surface area (Å²) in [7, 11) is 0. The van der Waals surface area contributed by atoms with Gasteiger partial charge in [0.25, 0.3) is 0 Å². The molecule has 2 nitrogen and oxygen atoms in total. The predicted octanol–water partition coefficient (Wildman–Crippen LogP) is 4.04. The highest BCUT2D eigenvalue weighted by Crippen LogP contribution is 2.25. The van der Waals surface area contributed by atoms with Gasteiger partial charge in [-0.2, -0.15) is 0 Å². The van der Waals surface area contributed by atoms with Crippen molar-refractivity contribution in [2.45, 2.75) is 10.6 Å². The van der Waals surface area contributed by atoms with Crippen molar-refractivity contribution >= 4 is 29.6 Å². The standard InChI is InChI=1S/C12H9ClO2S/c13-9-2-1-3-12(6-9)16-8-11-5-4-10(7-14)15-11/h1-7H,8H2. The molecule has 2 rings (SSSR count). The van der Waals surface area contributed by atoms with Gasteiger partial charge in [-0.3, -0.25) is 4.79 Å². The topological polar surface area (TPSA) is 30.2 Å². The summed E-state index contributed by atoms with van der Waals surface area (Å²) >= 11 is 7.49. The van der Waals surface area contributed by atoms with Crippen LogP contribution in [0.2, 0.25) is 5.02 Å². The van der Waals surface area contributed by atoms with E-state index >= 15 is 0 Å². The fourth-order valence-electron chi connectivity index (χ4n) is 1.25. The Kier molecular flexibility index (Phi) is 3.70. The van der Waals surface area contributed by atoms with E-state index in [2.05, 4.69) is 0 Å². The second kappa shape index (κ2) is 5.23. The van der Waals surface area contributed by atoms with Crippen LogP contribution in [-0.2, 0) is 5.75 Å². The summed E-state index contributed by atoms with van der Waals surface area (Å²) in [6.45, 7) is 0. The Hall–Kier alpha value is -1.19. The third-order valence-corrected chi connectivity index (χ3v) is 3.23. The highest BCUT2D eigenvalue weighted by atomic mass is 35.5. The number of halogens is 1. The van der Waals surface area contributed by atoms with Crippen LogP contribution in [0, 0.1) is 0 Å². The molecule has 4 heteroatoms. The molecule has 2 aromatic rings. The van der Waals surface area contributed by atoms with Gasteiger partial charge < -0.3 is 4.42 Å². The monoisotopic (exact) mass is 252 g/mol. The number of carbonyl (C=O) groups excluding carboxylic acids is 1. The van der Waals surface area contributed by atoms with Gasteiger partial charge in [0.05, 0.1) is 5.75 Å². The molecular formula is C12H9ClO2S. The maximum atomic E-state index is 10.4. The van der Waals surface area contributed by atoms with Crippen molar-refractivity contribution in [3.8, 4) is 0 Å². The first-order valence-electron chi connectivity index (χ1n) is 4.70. The van der Waals surface area contributed by atoms with Crippen LogP contribution in [0.15, 0.2) is 45.7 Å². The quantitative estimate of drug-likeness (QED) is 0.608. The fraction of sp³-hybridized carbons (Fsp3) is 0.0833. The van der Waals surface area contributed by atoms with Crippen LogP contribution < -0.4 is 0 Å². The average molecular weight is 253 g/mol. The van der Waals surface area contributed by atoms with Gasteiger partial charge in [0, 0.05) is 9.92 Å². The van der Waals surface area contributed by atoms with E-state index in [9.17, 15) is 4.79 Å². The van der Waals surface area contributed by atoms with Crippen LogP contribution in [0.5, 0.6) is 0 Å². The van der Waals surface area contributed by atoms with Crippen LogP contribution in [0.3, 0.4) is 0 Å². The first-order valence-corrected chi connectivity index (χ1v) is 6.06. The van der Waals surface area contributed by atoms with Gasteiger partial charge in [-0.1, -0.05) is 17.7 Å². The van der Waals surface area contributed by atoms with Gasteiger partial charge in [-0.25, -0.2) is 0 Å².